The molecule has 6 heteroatoms. The topological polar surface area (TPSA) is 37.8 Å². The van der Waals surface area contributed by atoms with Gasteiger partial charge in [-0.05, 0) is 18.6 Å². The quantitative estimate of drug-likeness (QED) is 0.865. The Hall–Kier alpha value is -1.75. The van der Waals surface area contributed by atoms with Gasteiger partial charge in [0.1, 0.15) is 28.4 Å². The van der Waals surface area contributed by atoms with E-state index in [1.807, 2.05) is 6.92 Å². The standard InChI is InChI=1S/C13H12ClF2N3/c1-3-12-18-11(14)6-13(19-12)17-10-5-8(15)7(2)4-9(10)16/h4-6H,3H2,1-2H3,(H,17,18,19). The molecule has 0 saturated carbocycles. The number of rotatable bonds is 3. The van der Waals surface area contributed by atoms with Gasteiger partial charge in [0.2, 0.25) is 0 Å². The van der Waals surface area contributed by atoms with Crippen molar-refractivity contribution in [2.75, 3.05) is 5.32 Å². The fourth-order valence-electron chi connectivity index (χ4n) is 1.57. The molecule has 3 nitrogen and oxygen atoms in total. The van der Waals surface area contributed by atoms with Crippen molar-refractivity contribution in [1.29, 1.82) is 0 Å². The lowest BCUT2D eigenvalue weighted by atomic mass is 10.2. The number of halogens is 3. The summed E-state index contributed by atoms with van der Waals surface area (Å²) in [5.74, 6) is -0.173. The summed E-state index contributed by atoms with van der Waals surface area (Å²) in [5, 5.41) is 2.96. The Morgan fingerprint density at radius 2 is 1.89 bits per heavy atom. The van der Waals surface area contributed by atoms with Crippen LogP contribution < -0.4 is 5.32 Å². The fourth-order valence-corrected chi connectivity index (χ4v) is 1.77. The van der Waals surface area contributed by atoms with E-state index in [1.165, 1.54) is 13.0 Å². The summed E-state index contributed by atoms with van der Waals surface area (Å²) in [5.41, 5.74) is 0.262. The smallest absolute Gasteiger partial charge is 0.147 e. The highest BCUT2D eigenvalue weighted by Gasteiger charge is 2.09. The zero-order valence-electron chi connectivity index (χ0n) is 10.5. The van der Waals surface area contributed by atoms with Crippen LogP contribution in [0, 0.1) is 18.6 Å². The predicted octanol–water partition coefficient (Wildman–Crippen LogP) is 4.02. The average Bonchev–Trinajstić information content (AvgIpc) is 2.35. The Kier molecular flexibility index (Phi) is 3.95. The van der Waals surface area contributed by atoms with Crippen LogP contribution in [0.3, 0.4) is 0 Å². The number of nitrogens with one attached hydrogen (secondary N) is 1. The minimum absolute atomic E-state index is 0.0138. The molecule has 0 aliphatic heterocycles. The van der Waals surface area contributed by atoms with Crippen molar-refractivity contribution in [2.45, 2.75) is 20.3 Å². The van der Waals surface area contributed by atoms with Crippen LogP contribution in [0.4, 0.5) is 20.3 Å². The molecule has 0 aliphatic carbocycles. The first-order valence-corrected chi connectivity index (χ1v) is 6.13. The number of benzene rings is 1. The molecule has 0 atom stereocenters. The second-order valence-electron chi connectivity index (χ2n) is 4.05. The van der Waals surface area contributed by atoms with Crippen LogP contribution >= 0.6 is 11.6 Å². The maximum absolute atomic E-state index is 13.7. The molecule has 1 heterocycles. The van der Waals surface area contributed by atoms with Crippen LogP contribution in [0.25, 0.3) is 0 Å². The van der Waals surface area contributed by atoms with Gasteiger partial charge in [0.15, 0.2) is 0 Å². The Bertz CT molecular complexity index is 617. The van der Waals surface area contributed by atoms with Gasteiger partial charge < -0.3 is 5.32 Å². The molecule has 0 fully saturated rings. The van der Waals surface area contributed by atoms with Crippen LogP contribution in [-0.4, -0.2) is 9.97 Å². The Morgan fingerprint density at radius 3 is 2.58 bits per heavy atom. The van der Waals surface area contributed by atoms with Crippen molar-refractivity contribution in [3.05, 3.63) is 46.4 Å². The number of hydrogen-bond donors (Lipinski definition) is 1. The van der Waals surface area contributed by atoms with Gasteiger partial charge in [-0.1, -0.05) is 18.5 Å². The third kappa shape index (κ3) is 3.17. The van der Waals surface area contributed by atoms with Crippen LogP contribution in [0.1, 0.15) is 18.3 Å². The van der Waals surface area contributed by atoms with E-state index in [9.17, 15) is 8.78 Å². The molecule has 0 saturated heterocycles. The Balaban J connectivity index is 2.36. The first-order chi connectivity index (χ1) is 8.99. The number of nitrogens with zero attached hydrogens (tertiary/aromatic N) is 2. The molecule has 1 aromatic heterocycles. The molecule has 0 radical (unpaired) electrons. The normalized spacial score (nSPS) is 10.6. The molecule has 0 unspecified atom stereocenters. The lowest BCUT2D eigenvalue weighted by Crippen LogP contribution is -2.02. The molecular formula is C13H12ClF2N3. The molecular weight excluding hydrogens is 272 g/mol. The molecule has 0 spiro atoms. The zero-order valence-corrected chi connectivity index (χ0v) is 11.2. The van der Waals surface area contributed by atoms with E-state index in [2.05, 4.69) is 15.3 Å². The van der Waals surface area contributed by atoms with Gasteiger partial charge in [0.05, 0.1) is 5.69 Å². The lowest BCUT2D eigenvalue weighted by molar-refractivity contribution is 0.595. The molecule has 1 N–H and O–H groups in total. The van der Waals surface area contributed by atoms with Crippen molar-refractivity contribution in [3.63, 3.8) is 0 Å². The van der Waals surface area contributed by atoms with E-state index in [0.717, 1.165) is 12.1 Å². The Labute approximate surface area is 114 Å². The summed E-state index contributed by atoms with van der Waals surface area (Å²) < 4.78 is 27.1. The van der Waals surface area contributed by atoms with Gasteiger partial charge in [-0.15, -0.1) is 0 Å². The summed E-state index contributed by atoms with van der Waals surface area (Å²) in [4.78, 5) is 8.14. The highest BCUT2D eigenvalue weighted by atomic mass is 35.5. The van der Waals surface area contributed by atoms with E-state index in [1.54, 1.807) is 0 Å². The number of anilines is 2. The van der Waals surface area contributed by atoms with Gasteiger partial charge in [0, 0.05) is 18.6 Å². The van der Waals surface area contributed by atoms with Crippen LogP contribution in [0.15, 0.2) is 18.2 Å². The van der Waals surface area contributed by atoms with Gasteiger partial charge in [-0.2, -0.15) is 0 Å². The first kappa shape index (κ1) is 13.7. The van der Waals surface area contributed by atoms with Gasteiger partial charge >= 0.3 is 0 Å². The number of aryl methyl sites for hydroxylation is 2. The fraction of sp³-hybridized carbons (Fsp3) is 0.231. The van der Waals surface area contributed by atoms with Crippen molar-refractivity contribution >= 4 is 23.1 Å². The Morgan fingerprint density at radius 1 is 1.16 bits per heavy atom. The average molecular weight is 284 g/mol. The number of hydrogen-bond acceptors (Lipinski definition) is 3. The predicted molar refractivity (Wildman–Crippen MR) is 70.8 cm³/mol. The summed E-state index contributed by atoms with van der Waals surface area (Å²) in [6, 6.07) is 3.67. The summed E-state index contributed by atoms with van der Waals surface area (Å²) >= 11 is 5.83. The molecule has 0 aliphatic rings. The molecule has 2 rings (SSSR count). The van der Waals surface area contributed by atoms with Crippen molar-refractivity contribution < 1.29 is 8.78 Å². The second kappa shape index (κ2) is 5.48. The summed E-state index contributed by atoms with van der Waals surface area (Å²) in [7, 11) is 0. The van der Waals surface area contributed by atoms with Gasteiger partial charge in [0.25, 0.3) is 0 Å². The van der Waals surface area contributed by atoms with Gasteiger partial charge in [-0.3, -0.25) is 0 Å². The summed E-state index contributed by atoms with van der Waals surface area (Å²) in [6.07, 6.45) is 0.597. The zero-order chi connectivity index (χ0) is 14.0. The SMILES string of the molecule is CCc1nc(Cl)cc(Nc2cc(F)c(C)cc2F)n1. The van der Waals surface area contributed by atoms with E-state index >= 15 is 0 Å². The largest absolute Gasteiger partial charge is 0.338 e. The van der Waals surface area contributed by atoms with Gasteiger partial charge in [-0.25, -0.2) is 18.7 Å². The number of aromatic nitrogens is 2. The van der Waals surface area contributed by atoms with E-state index in [-0.39, 0.29) is 16.4 Å². The highest BCUT2D eigenvalue weighted by molar-refractivity contribution is 6.29. The monoisotopic (exact) mass is 283 g/mol. The second-order valence-corrected chi connectivity index (χ2v) is 4.44. The van der Waals surface area contributed by atoms with E-state index in [0.29, 0.717) is 18.1 Å². The van der Waals surface area contributed by atoms with E-state index < -0.39 is 11.6 Å². The summed E-state index contributed by atoms with van der Waals surface area (Å²) in [6.45, 7) is 3.38. The molecule has 0 bridgehead atoms. The van der Waals surface area contributed by atoms with Crippen molar-refractivity contribution in [1.82, 2.24) is 9.97 Å². The maximum atomic E-state index is 13.7. The minimum Gasteiger partial charge on any atom is -0.338 e. The molecule has 100 valence electrons. The minimum atomic E-state index is -0.549. The third-order valence-electron chi connectivity index (χ3n) is 2.57. The van der Waals surface area contributed by atoms with Crippen LogP contribution in [0.5, 0.6) is 0 Å². The van der Waals surface area contributed by atoms with Crippen LogP contribution in [-0.2, 0) is 6.42 Å². The van der Waals surface area contributed by atoms with E-state index in [4.69, 9.17) is 11.6 Å². The molecule has 0 amide bonds. The van der Waals surface area contributed by atoms with Crippen molar-refractivity contribution in [3.8, 4) is 0 Å². The molecule has 1 aromatic carbocycles. The third-order valence-corrected chi connectivity index (χ3v) is 2.76. The van der Waals surface area contributed by atoms with Crippen molar-refractivity contribution in [2.24, 2.45) is 0 Å². The lowest BCUT2D eigenvalue weighted by Gasteiger charge is -2.09. The maximum Gasteiger partial charge on any atom is 0.147 e. The highest BCUT2D eigenvalue weighted by Crippen LogP contribution is 2.23. The molecule has 19 heavy (non-hydrogen) atoms. The first-order valence-electron chi connectivity index (χ1n) is 5.75. The molecule has 2 aromatic rings. The van der Waals surface area contributed by atoms with Crippen LogP contribution in [0.2, 0.25) is 5.15 Å².